The molecule has 0 saturated heterocycles. The molecule has 148 valence electrons. The highest BCUT2D eigenvalue weighted by Crippen LogP contribution is 2.18. The van der Waals surface area contributed by atoms with Crippen molar-refractivity contribution >= 4 is 33.5 Å². The number of para-hydroxylation sites is 3. The van der Waals surface area contributed by atoms with E-state index >= 15 is 0 Å². The molecule has 9 heteroatoms. The Labute approximate surface area is 169 Å². The second-order valence-corrected chi connectivity index (χ2v) is 6.39. The smallest absolute Gasteiger partial charge is 0.326 e. The Morgan fingerprint density at radius 1 is 1.17 bits per heavy atom. The number of aliphatic hydroxyl groups excluding tert-OH is 1. The summed E-state index contributed by atoms with van der Waals surface area (Å²) in [5.41, 5.74) is 1.35. The number of aromatic nitrogens is 4. The summed E-state index contributed by atoms with van der Waals surface area (Å²) >= 11 is 0. The first kappa shape index (κ1) is 18.9. The first-order chi connectivity index (χ1) is 14.6. The third kappa shape index (κ3) is 3.62. The minimum atomic E-state index is -0.761. The zero-order valence-electron chi connectivity index (χ0n) is 15.6. The molecule has 9 nitrogen and oxygen atoms in total. The van der Waals surface area contributed by atoms with Gasteiger partial charge < -0.3 is 14.8 Å². The highest BCUT2D eigenvalue weighted by Gasteiger charge is 2.15. The predicted octanol–water partition coefficient (Wildman–Crippen LogP) is 2.31. The van der Waals surface area contributed by atoms with Crippen LogP contribution in [0.15, 0.2) is 65.4 Å². The number of nitrogens with one attached hydrogen (secondary N) is 1. The number of esters is 1. The lowest BCUT2D eigenvalue weighted by Gasteiger charge is -2.08. The van der Waals surface area contributed by atoms with Crippen molar-refractivity contribution in [1.82, 2.24) is 19.5 Å². The number of fused-ring (bicyclic) bond motifs is 2. The van der Waals surface area contributed by atoms with Gasteiger partial charge in [-0.1, -0.05) is 24.3 Å². The van der Waals surface area contributed by atoms with Gasteiger partial charge in [0.05, 0.1) is 28.3 Å². The van der Waals surface area contributed by atoms with Crippen LogP contribution in [-0.2, 0) is 16.1 Å². The number of nitrogens with zero attached hydrogens (tertiary/aromatic N) is 4. The number of hydrogen-bond donors (Lipinski definition) is 2. The van der Waals surface area contributed by atoms with Gasteiger partial charge in [-0.15, -0.1) is 0 Å². The largest absolute Gasteiger partial charge is 0.507 e. The summed E-state index contributed by atoms with van der Waals surface area (Å²) in [4.78, 5) is 35.9. The molecule has 30 heavy (non-hydrogen) atoms. The highest BCUT2D eigenvalue weighted by molar-refractivity contribution is 5.83. The van der Waals surface area contributed by atoms with Gasteiger partial charge in [0.15, 0.2) is 11.6 Å². The Morgan fingerprint density at radius 3 is 2.67 bits per heavy atom. The normalized spacial score (nSPS) is 11.8. The lowest BCUT2D eigenvalue weighted by Crippen LogP contribution is -2.26. The molecule has 2 N–H and O–H groups in total. The van der Waals surface area contributed by atoms with Crippen molar-refractivity contribution in [3.05, 3.63) is 76.8 Å². The zero-order valence-corrected chi connectivity index (χ0v) is 15.6. The standard InChI is InChI=1S/C21H15N5O4/c22-9-14(20-24-16-7-3-4-8-17(16)25-20)18(27)11-30-19(28)10-26-12-23-15-6-2-1-5-13(15)21(26)29/h1-8,12,27H,10-11H2,(H,24,25)/b18-14-. The van der Waals surface area contributed by atoms with Crippen LogP contribution in [0.3, 0.4) is 0 Å². The Hall–Kier alpha value is -4.45. The monoisotopic (exact) mass is 401 g/mol. The number of benzene rings is 2. The average molecular weight is 401 g/mol. The van der Waals surface area contributed by atoms with Crippen LogP contribution >= 0.6 is 0 Å². The number of hydrogen-bond acceptors (Lipinski definition) is 7. The third-order valence-corrected chi connectivity index (χ3v) is 4.43. The molecule has 0 aliphatic heterocycles. The van der Waals surface area contributed by atoms with Gasteiger partial charge in [0.25, 0.3) is 5.56 Å². The van der Waals surface area contributed by atoms with Crippen LogP contribution in [0.4, 0.5) is 0 Å². The van der Waals surface area contributed by atoms with Crippen LogP contribution in [0.5, 0.6) is 0 Å². The fraction of sp³-hybridized carbons (Fsp3) is 0.0952. The van der Waals surface area contributed by atoms with E-state index in [1.807, 2.05) is 12.1 Å². The molecule has 0 spiro atoms. The van der Waals surface area contributed by atoms with Crippen LogP contribution in [0.1, 0.15) is 5.82 Å². The van der Waals surface area contributed by atoms with Crippen LogP contribution < -0.4 is 5.56 Å². The topological polar surface area (TPSA) is 134 Å². The molecule has 0 fully saturated rings. The number of H-pyrrole nitrogens is 1. The molecular formula is C21H15N5O4. The maximum Gasteiger partial charge on any atom is 0.326 e. The maximum absolute atomic E-state index is 12.4. The van der Waals surface area contributed by atoms with E-state index < -0.39 is 18.3 Å². The third-order valence-electron chi connectivity index (χ3n) is 4.43. The van der Waals surface area contributed by atoms with Crippen LogP contribution in [-0.4, -0.2) is 37.2 Å². The summed E-state index contributed by atoms with van der Waals surface area (Å²) in [6.45, 7) is -0.912. The van der Waals surface area contributed by atoms with E-state index in [9.17, 15) is 20.0 Å². The van der Waals surface area contributed by atoms with Gasteiger partial charge in [0.1, 0.15) is 24.8 Å². The van der Waals surface area contributed by atoms with Gasteiger partial charge in [-0.3, -0.25) is 14.2 Å². The summed E-state index contributed by atoms with van der Waals surface area (Å²) in [6, 6.07) is 15.8. The SMILES string of the molecule is N#C/C(=C(/O)COC(=O)Cn1cnc2ccccc2c1=O)c1nc2ccccc2[nH]1. The molecule has 0 atom stereocenters. The molecule has 0 radical (unpaired) electrons. The highest BCUT2D eigenvalue weighted by atomic mass is 16.5. The number of rotatable bonds is 5. The molecule has 2 aromatic heterocycles. The van der Waals surface area contributed by atoms with Crippen molar-refractivity contribution in [3.8, 4) is 6.07 Å². The Balaban J connectivity index is 1.49. The van der Waals surface area contributed by atoms with Gasteiger partial charge in [-0.2, -0.15) is 5.26 Å². The van der Waals surface area contributed by atoms with Crippen molar-refractivity contribution in [2.24, 2.45) is 0 Å². The van der Waals surface area contributed by atoms with E-state index in [0.29, 0.717) is 21.9 Å². The molecule has 2 heterocycles. The lowest BCUT2D eigenvalue weighted by atomic mass is 10.2. The van der Waals surface area contributed by atoms with E-state index in [4.69, 9.17) is 4.74 Å². The molecule has 0 bridgehead atoms. The van der Waals surface area contributed by atoms with E-state index in [2.05, 4.69) is 15.0 Å². The molecule has 0 unspecified atom stereocenters. The zero-order chi connectivity index (χ0) is 21.1. The summed E-state index contributed by atoms with van der Waals surface area (Å²) < 4.78 is 6.15. The molecule has 0 aliphatic carbocycles. The van der Waals surface area contributed by atoms with Crippen molar-refractivity contribution in [1.29, 1.82) is 5.26 Å². The second kappa shape index (κ2) is 7.89. The van der Waals surface area contributed by atoms with Gasteiger partial charge >= 0.3 is 5.97 Å². The number of ether oxygens (including phenoxy) is 1. The Morgan fingerprint density at radius 2 is 1.90 bits per heavy atom. The summed E-state index contributed by atoms with van der Waals surface area (Å²) in [5.74, 6) is -1.04. The molecule has 0 aliphatic rings. The number of imidazole rings is 1. The molecular weight excluding hydrogens is 386 g/mol. The van der Waals surface area contributed by atoms with Crippen LogP contribution in [0.25, 0.3) is 27.5 Å². The maximum atomic E-state index is 12.4. The van der Waals surface area contributed by atoms with Crippen molar-refractivity contribution in [2.75, 3.05) is 6.61 Å². The molecule has 4 aromatic rings. The number of carbonyl (C=O) groups is 1. The van der Waals surface area contributed by atoms with Crippen molar-refractivity contribution in [2.45, 2.75) is 6.54 Å². The van der Waals surface area contributed by atoms with Gasteiger partial charge in [-0.05, 0) is 24.3 Å². The van der Waals surface area contributed by atoms with E-state index in [-0.39, 0.29) is 23.5 Å². The number of carbonyl (C=O) groups excluding carboxylic acids is 1. The fourth-order valence-electron chi connectivity index (χ4n) is 2.95. The first-order valence-corrected chi connectivity index (χ1v) is 8.94. The second-order valence-electron chi connectivity index (χ2n) is 6.39. The first-order valence-electron chi connectivity index (χ1n) is 8.94. The van der Waals surface area contributed by atoms with Crippen molar-refractivity contribution in [3.63, 3.8) is 0 Å². The minimum Gasteiger partial charge on any atom is -0.507 e. The van der Waals surface area contributed by atoms with Crippen LogP contribution in [0.2, 0.25) is 0 Å². The fourth-order valence-corrected chi connectivity index (χ4v) is 2.95. The van der Waals surface area contributed by atoms with E-state index in [1.54, 1.807) is 42.5 Å². The summed E-state index contributed by atoms with van der Waals surface area (Å²) in [7, 11) is 0. The number of nitriles is 1. The number of aromatic amines is 1. The average Bonchev–Trinajstić information content (AvgIpc) is 3.18. The van der Waals surface area contributed by atoms with Gasteiger partial charge in [0, 0.05) is 0 Å². The molecule has 4 rings (SSSR count). The quantitative estimate of drug-likeness (QED) is 0.298. The molecule has 0 amide bonds. The van der Waals surface area contributed by atoms with Crippen molar-refractivity contribution < 1.29 is 14.6 Å². The number of aliphatic hydroxyl groups is 1. The predicted molar refractivity (Wildman–Crippen MR) is 108 cm³/mol. The Bertz CT molecular complexity index is 1360. The van der Waals surface area contributed by atoms with Gasteiger partial charge in [-0.25, -0.2) is 9.97 Å². The molecule has 2 aromatic carbocycles. The van der Waals surface area contributed by atoms with Crippen LogP contribution in [0, 0.1) is 11.3 Å². The summed E-state index contributed by atoms with van der Waals surface area (Å²) in [6.07, 6.45) is 1.26. The van der Waals surface area contributed by atoms with E-state index in [0.717, 1.165) is 4.57 Å². The van der Waals surface area contributed by atoms with Gasteiger partial charge in [0.2, 0.25) is 0 Å². The minimum absolute atomic E-state index is 0.136. The summed E-state index contributed by atoms with van der Waals surface area (Å²) in [5, 5.41) is 20.0. The number of allylic oxidation sites excluding steroid dienone is 1. The van der Waals surface area contributed by atoms with E-state index in [1.165, 1.54) is 6.33 Å². The Kier molecular flexibility index (Phi) is 4.97. The lowest BCUT2D eigenvalue weighted by molar-refractivity contribution is -0.144. The molecule has 0 saturated carbocycles.